The van der Waals surface area contributed by atoms with Crippen molar-refractivity contribution in [3.8, 4) is 17.2 Å². The summed E-state index contributed by atoms with van der Waals surface area (Å²) in [5.74, 6) is 0.655. The number of phenols is 1. The minimum atomic E-state index is -0.381. The summed E-state index contributed by atoms with van der Waals surface area (Å²) >= 11 is 0. The average Bonchev–Trinajstić information content (AvgIpc) is 2.53. The third-order valence-corrected chi connectivity index (χ3v) is 3.50. The molecule has 1 aromatic heterocycles. The van der Waals surface area contributed by atoms with E-state index in [0.717, 1.165) is 25.7 Å². The molecular weight excluding hydrogens is 294 g/mol. The van der Waals surface area contributed by atoms with Crippen LogP contribution in [0.15, 0.2) is 35.6 Å². The molecule has 0 amide bonds. The second-order valence-corrected chi connectivity index (χ2v) is 5.35. The van der Waals surface area contributed by atoms with Crippen molar-refractivity contribution in [3.63, 3.8) is 0 Å². The van der Waals surface area contributed by atoms with E-state index in [1.165, 1.54) is 6.07 Å². The predicted molar refractivity (Wildman–Crippen MR) is 91.6 cm³/mol. The monoisotopic (exact) mass is 317 g/mol. The molecule has 0 bridgehead atoms. The number of ether oxygens (including phenoxy) is 2. The molecule has 0 spiro atoms. The van der Waals surface area contributed by atoms with Crippen molar-refractivity contribution in [1.29, 1.82) is 0 Å². The second kappa shape index (κ2) is 8.27. The number of aromatic nitrogens is 1. The summed E-state index contributed by atoms with van der Waals surface area (Å²) in [5.41, 5.74) is 0.137. The number of hydrogen-bond acceptors (Lipinski definition) is 4. The predicted octanol–water partition coefficient (Wildman–Crippen LogP) is 3.76. The molecule has 1 aromatic carbocycles. The quantitative estimate of drug-likeness (QED) is 0.546. The lowest BCUT2D eigenvalue weighted by Gasteiger charge is -2.14. The third kappa shape index (κ3) is 4.28. The first-order valence-corrected chi connectivity index (χ1v) is 7.92. The van der Waals surface area contributed by atoms with Gasteiger partial charge in [-0.05, 0) is 18.6 Å². The van der Waals surface area contributed by atoms with Gasteiger partial charge in [-0.1, -0.05) is 38.8 Å². The third-order valence-electron chi connectivity index (χ3n) is 3.50. The van der Waals surface area contributed by atoms with Gasteiger partial charge in [0.05, 0.1) is 12.1 Å². The highest BCUT2D eigenvalue weighted by atomic mass is 16.5. The molecule has 0 saturated heterocycles. The lowest BCUT2D eigenvalue weighted by Crippen LogP contribution is -2.14. The molecule has 2 rings (SSSR count). The van der Waals surface area contributed by atoms with Crippen molar-refractivity contribution in [2.75, 3.05) is 13.2 Å². The number of pyridine rings is 1. The lowest BCUT2D eigenvalue weighted by atomic mass is 10.2. The van der Waals surface area contributed by atoms with Crippen molar-refractivity contribution in [1.82, 2.24) is 4.98 Å². The van der Waals surface area contributed by atoms with E-state index >= 15 is 0 Å². The van der Waals surface area contributed by atoms with Crippen LogP contribution in [0.25, 0.3) is 10.9 Å². The van der Waals surface area contributed by atoms with Crippen molar-refractivity contribution in [3.05, 3.63) is 41.2 Å². The number of rotatable bonds is 9. The average molecular weight is 317 g/mol. The number of hydrogen-bond donors (Lipinski definition) is 2. The summed E-state index contributed by atoms with van der Waals surface area (Å²) in [7, 11) is 0. The minimum Gasteiger partial charge on any atom is -0.508 e. The van der Waals surface area contributed by atoms with Gasteiger partial charge in [0, 0.05) is 11.5 Å². The van der Waals surface area contributed by atoms with E-state index in [9.17, 15) is 9.90 Å². The Morgan fingerprint density at radius 2 is 2.04 bits per heavy atom. The zero-order valence-corrected chi connectivity index (χ0v) is 13.4. The Morgan fingerprint density at radius 1 is 1.22 bits per heavy atom. The standard InChI is InChI=1S/C18H23NO4/c1-3-5-6-7-11-23-16-14-9-8-13(20)12-15(14)19-18(21)17(16)22-10-4-2/h4,8-9,12,20H,2-3,5-7,10-11H2,1H3,(H,19,21). The highest BCUT2D eigenvalue weighted by Crippen LogP contribution is 2.33. The largest absolute Gasteiger partial charge is 0.508 e. The number of aromatic hydroxyl groups is 1. The molecule has 23 heavy (non-hydrogen) atoms. The van der Waals surface area contributed by atoms with Gasteiger partial charge in [-0.25, -0.2) is 0 Å². The van der Waals surface area contributed by atoms with Crippen molar-refractivity contribution in [2.24, 2.45) is 0 Å². The van der Waals surface area contributed by atoms with Crippen LogP contribution in [0.4, 0.5) is 0 Å². The molecule has 0 aliphatic rings. The topological polar surface area (TPSA) is 71.5 Å². The molecule has 5 nitrogen and oxygen atoms in total. The summed E-state index contributed by atoms with van der Waals surface area (Å²) in [6.07, 6.45) is 5.89. The molecule has 124 valence electrons. The molecule has 1 heterocycles. The lowest BCUT2D eigenvalue weighted by molar-refractivity contribution is 0.277. The van der Waals surface area contributed by atoms with Crippen molar-refractivity contribution in [2.45, 2.75) is 32.6 Å². The summed E-state index contributed by atoms with van der Waals surface area (Å²) in [6.45, 7) is 6.48. The Hall–Kier alpha value is -2.43. The van der Waals surface area contributed by atoms with Crippen molar-refractivity contribution >= 4 is 10.9 Å². The second-order valence-electron chi connectivity index (χ2n) is 5.35. The van der Waals surface area contributed by atoms with Gasteiger partial charge in [-0.3, -0.25) is 4.79 Å². The number of aromatic amines is 1. The zero-order valence-electron chi connectivity index (χ0n) is 13.4. The molecule has 0 unspecified atom stereocenters. The highest BCUT2D eigenvalue weighted by molar-refractivity contribution is 5.88. The van der Waals surface area contributed by atoms with Crippen LogP contribution >= 0.6 is 0 Å². The Labute approximate surface area is 135 Å². The molecule has 0 saturated carbocycles. The number of H-pyrrole nitrogens is 1. The van der Waals surface area contributed by atoms with Gasteiger partial charge in [0.1, 0.15) is 12.4 Å². The highest BCUT2D eigenvalue weighted by Gasteiger charge is 2.16. The van der Waals surface area contributed by atoms with Gasteiger partial charge in [0.25, 0.3) is 5.56 Å². The van der Waals surface area contributed by atoms with Gasteiger partial charge in [0.15, 0.2) is 5.75 Å². The van der Waals surface area contributed by atoms with E-state index in [2.05, 4.69) is 18.5 Å². The van der Waals surface area contributed by atoms with Crippen LogP contribution in [-0.4, -0.2) is 23.3 Å². The van der Waals surface area contributed by atoms with Crippen LogP contribution in [0, 0.1) is 0 Å². The van der Waals surface area contributed by atoms with Crippen LogP contribution in [0.3, 0.4) is 0 Å². The summed E-state index contributed by atoms with van der Waals surface area (Å²) in [6, 6.07) is 4.77. The minimum absolute atomic E-state index is 0.0850. The first-order valence-electron chi connectivity index (χ1n) is 7.92. The zero-order chi connectivity index (χ0) is 16.7. The van der Waals surface area contributed by atoms with Gasteiger partial charge < -0.3 is 19.6 Å². The maximum atomic E-state index is 12.2. The number of nitrogens with one attached hydrogen (secondary N) is 1. The maximum absolute atomic E-state index is 12.2. The molecule has 0 aliphatic carbocycles. The Kier molecular flexibility index (Phi) is 6.09. The van der Waals surface area contributed by atoms with Crippen LogP contribution in [0.1, 0.15) is 32.6 Å². The Balaban J connectivity index is 2.34. The molecule has 5 heteroatoms. The first-order chi connectivity index (χ1) is 11.2. The van der Waals surface area contributed by atoms with E-state index < -0.39 is 0 Å². The fourth-order valence-electron chi connectivity index (χ4n) is 2.36. The molecule has 0 aliphatic heterocycles. The number of unbranched alkanes of at least 4 members (excludes halogenated alkanes) is 3. The smallest absolute Gasteiger partial charge is 0.294 e. The molecule has 2 aromatic rings. The van der Waals surface area contributed by atoms with Crippen molar-refractivity contribution < 1.29 is 14.6 Å². The molecule has 0 radical (unpaired) electrons. The van der Waals surface area contributed by atoms with Gasteiger partial charge in [0.2, 0.25) is 5.75 Å². The first kappa shape index (κ1) is 16.9. The fraction of sp³-hybridized carbons (Fsp3) is 0.389. The van der Waals surface area contributed by atoms with Crippen LogP contribution in [0.2, 0.25) is 0 Å². The Morgan fingerprint density at radius 3 is 2.78 bits per heavy atom. The van der Waals surface area contributed by atoms with Crippen LogP contribution in [-0.2, 0) is 0 Å². The van der Waals surface area contributed by atoms with E-state index in [-0.39, 0.29) is 23.7 Å². The van der Waals surface area contributed by atoms with E-state index in [1.54, 1.807) is 18.2 Å². The van der Waals surface area contributed by atoms with E-state index in [1.807, 2.05) is 0 Å². The maximum Gasteiger partial charge on any atom is 0.294 e. The van der Waals surface area contributed by atoms with Gasteiger partial charge in [-0.2, -0.15) is 0 Å². The molecule has 0 atom stereocenters. The van der Waals surface area contributed by atoms with Gasteiger partial charge >= 0.3 is 0 Å². The molecular formula is C18H23NO4. The SMILES string of the molecule is C=CCOc1c(OCCCCCC)c2ccc(O)cc2[nH]c1=O. The van der Waals surface area contributed by atoms with Gasteiger partial charge in [-0.15, -0.1) is 0 Å². The molecule has 0 fully saturated rings. The van der Waals surface area contributed by atoms with E-state index in [4.69, 9.17) is 9.47 Å². The molecule has 2 N–H and O–H groups in total. The summed E-state index contributed by atoms with van der Waals surface area (Å²) in [4.78, 5) is 14.9. The number of benzene rings is 1. The normalized spacial score (nSPS) is 10.7. The van der Waals surface area contributed by atoms with Crippen LogP contribution in [0.5, 0.6) is 17.2 Å². The fourth-order valence-corrected chi connectivity index (χ4v) is 2.36. The van der Waals surface area contributed by atoms with E-state index in [0.29, 0.717) is 23.3 Å². The Bertz CT molecular complexity index is 721. The number of fused-ring (bicyclic) bond motifs is 1. The number of phenolic OH excluding ortho intramolecular Hbond substituents is 1. The van der Waals surface area contributed by atoms with Crippen LogP contribution < -0.4 is 15.0 Å². The summed E-state index contributed by atoms with van der Waals surface area (Å²) < 4.78 is 11.3. The summed E-state index contributed by atoms with van der Waals surface area (Å²) in [5, 5.41) is 10.3.